The molecule has 1 spiro atoms. The van der Waals surface area contributed by atoms with Crippen molar-refractivity contribution < 1.29 is 9.53 Å². The second-order valence-corrected chi connectivity index (χ2v) is 3.93. The van der Waals surface area contributed by atoms with E-state index in [0.717, 1.165) is 13.0 Å². The van der Waals surface area contributed by atoms with Gasteiger partial charge in [-0.3, -0.25) is 0 Å². The van der Waals surface area contributed by atoms with Crippen molar-refractivity contribution >= 4 is 6.09 Å². The van der Waals surface area contributed by atoms with Gasteiger partial charge in [0.05, 0.1) is 7.11 Å². The van der Waals surface area contributed by atoms with E-state index in [1.165, 1.54) is 20.0 Å². The maximum absolute atomic E-state index is 11.3. The summed E-state index contributed by atoms with van der Waals surface area (Å²) in [5.41, 5.74) is 0.201. The van der Waals surface area contributed by atoms with Crippen molar-refractivity contribution in [3.05, 3.63) is 0 Å². The number of carbonyl (C=O) groups excluding carboxylic acids is 1. The normalized spacial score (nSPS) is 38.8. The molecule has 1 aliphatic carbocycles. The molecule has 3 heteroatoms. The van der Waals surface area contributed by atoms with E-state index in [4.69, 9.17) is 4.74 Å². The maximum Gasteiger partial charge on any atom is 0.409 e. The zero-order valence-electron chi connectivity index (χ0n) is 7.67. The van der Waals surface area contributed by atoms with Gasteiger partial charge in [0.15, 0.2) is 0 Å². The Labute approximate surface area is 72.7 Å². The van der Waals surface area contributed by atoms with Crippen LogP contribution in [0.4, 0.5) is 4.79 Å². The number of hydrogen-bond donors (Lipinski definition) is 0. The van der Waals surface area contributed by atoms with Crippen molar-refractivity contribution in [1.82, 2.24) is 4.90 Å². The van der Waals surface area contributed by atoms with E-state index in [0.29, 0.717) is 5.92 Å². The fraction of sp³-hybridized carbons (Fsp3) is 0.889. The van der Waals surface area contributed by atoms with Crippen LogP contribution in [0.5, 0.6) is 0 Å². The van der Waals surface area contributed by atoms with Gasteiger partial charge in [0, 0.05) is 12.1 Å². The molecule has 0 bridgehead atoms. The monoisotopic (exact) mass is 169 g/mol. The molecular weight excluding hydrogens is 154 g/mol. The summed E-state index contributed by atoms with van der Waals surface area (Å²) in [7, 11) is 1.46. The molecule has 0 aromatic carbocycles. The fourth-order valence-electron chi connectivity index (χ4n) is 2.48. The van der Waals surface area contributed by atoms with Gasteiger partial charge in [-0.1, -0.05) is 6.92 Å². The van der Waals surface area contributed by atoms with Gasteiger partial charge in [-0.2, -0.15) is 0 Å². The average molecular weight is 169 g/mol. The van der Waals surface area contributed by atoms with E-state index in [1.807, 2.05) is 4.90 Å². The third kappa shape index (κ3) is 0.853. The Morgan fingerprint density at radius 2 is 2.33 bits per heavy atom. The molecule has 3 nitrogen and oxygen atoms in total. The first-order chi connectivity index (χ1) is 5.70. The number of nitrogens with zero attached hydrogens (tertiary/aromatic N) is 1. The van der Waals surface area contributed by atoms with Crippen LogP contribution in [0, 0.1) is 5.92 Å². The number of amides is 1. The number of methoxy groups -OCH3 is 1. The summed E-state index contributed by atoms with van der Waals surface area (Å²) in [6, 6.07) is 0. The molecule has 1 saturated heterocycles. The quantitative estimate of drug-likeness (QED) is 0.551. The molecule has 12 heavy (non-hydrogen) atoms. The van der Waals surface area contributed by atoms with E-state index in [1.54, 1.807) is 0 Å². The van der Waals surface area contributed by atoms with Crippen LogP contribution < -0.4 is 0 Å². The zero-order valence-corrected chi connectivity index (χ0v) is 7.67. The van der Waals surface area contributed by atoms with Gasteiger partial charge >= 0.3 is 6.09 Å². The smallest absolute Gasteiger partial charge is 0.409 e. The highest BCUT2D eigenvalue weighted by Gasteiger charge is 2.59. The Morgan fingerprint density at radius 1 is 1.67 bits per heavy atom. The third-order valence-electron chi connectivity index (χ3n) is 3.34. The highest BCUT2D eigenvalue weighted by molar-refractivity contribution is 5.69. The molecule has 1 saturated carbocycles. The second-order valence-electron chi connectivity index (χ2n) is 3.93. The van der Waals surface area contributed by atoms with E-state index in [9.17, 15) is 4.79 Å². The molecule has 0 unspecified atom stereocenters. The number of carbonyl (C=O) groups is 1. The second kappa shape index (κ2) is 2.38. The Balaban J connectivity index is 2.11. The molecule has 0 N–H and O–H groups in total. The predicted octanol–water partition coefficient (Wildman–Crippen LogP) is 1.63. The minimum atomic E-state index is -0.142. The van der Waals surface area contributed by atoms with Gasteiger partial charge in [0.2, 0.25) is 0 Å². The minimum absolute atomic E-state index is 0.142. The van der Waals surface area contributed by atoms with E-state index >= 15 is 0 Å². The number of ether oxygens (including phenoxy) is 1. The first kappa shape index (κ1) is 7.90. The summed E-state index contributed by atoms with van der Waals surface area (Å²) in [6.07, 6.45) is 3.34. The molecule has 2 atom stereocenters. The first-order valence-corrected chi connectivity index (χ1v) is 4.56. The lowest BCUT2D eigenvalue weighted by Crippen LogP contribution is -2.38. The molecule has 2 fully saturated rings. The molecule has 1 amide bonds. The Hall–Kier alpha value is -0.730. The molecule has 0 aromatic rings. The van der Waals surface area contributed by atoms with E-state index < -0.39 is 0 Å². The van der Waals surface area contributed by atoms with Crippen LogP contribution in [0.1, 0.15) is 26.2 Å². The summed E-state index contributed by atoms with van der Waals surface area (Å²) >= 11 is 0. The van der Waals surface area contributed by atoms with Crippen molar-refractivity contribution in [1.29, 1.82) is 0 Å². The lowest BCUT2D eigenvalue weighted by Gasteiger charge is -2.23. The van der Waals surface area contributed by atoms with Crippen LogP contribution in [0.15, 0.2) is 0 Å². The van der Waals surface area contributed by atoms with Gasteiger partial charge in [-0.05, 0) is 25.2 Å². The summed E-state index contributed by atoms with van der Waals surface area (Å²) in [5, 5.41) is 0. The van der Waals surface area contributed by atoms with Gasteiger partial charge in [-0.25, -0.2) is 4.79 Å². The topological polar surface area (TPSA) is 29.5 Å². The standard InChI is InChI=1S/C9H15NO2/c1-7-6-9(7)4-3-5-10(9)8(11)12-2/h7H,3-6H2,1-2H3/t7-,9+/m0/s1. The zero-order chi connectivity index (χ0) is 8.77. The lowest BCUT2D eigenvalue weighted by molar-refractivity contribution is 0.111. The molecule has 2 rings (SSSR count). The fourth-order valence-corrected chi connectivity index (χ4v) is 2.48. The van der Waals surface area contributed by atoms with E-state index in [2.05, 4.69) is 6.92 Å². The van der Waals surface area contributed by atoms with Crippen molar-refractivity contribution in [2.24, 2.45) is 5.92 Å². The third-order valence-corrected chi connectivity index (χ3v) is 3.34. The Kier molecular flexibility index (Phi) is 1.56. The Bertz CT molecular complexity index is 217. The molecule has 2 aliphatic rings. The highest BCUT2D eigenvalue weighted by Crippen LogP contribution is 2.54. The molecule has 68 valence electrons. The van der Waals surface area contributed by atoms with E-state index in [-0.39, 0.29) is 11.6 Å². The summed E-state index contributed by atoms with van der Waals surface area (Å²) in [4.78, 5) is 13.2. The van der Waals surface area contributed by atoms with Gasteiger partial charge in [0.25, 0.3) is 0 Å². The number of hydrogen-bond acceptors (Lipinski definition) is 2. The van der Waals surface area contributed by atoms with Crippen LogP contribution in [0.3, 0.4) is 0 Å². The lowest BCUT2D eigenvalue weighted by atomic mass is 10.1. The molecule has 1 aliphatic heterocycles. The predicted molar refractivity (Wildman–Crippen MR) is 44.9 cm³/mol. The van der Waals surface area contributed by atoms with Crippen LogP contribution >= 0.6 is 0 Å². The van der Waals surface area contributed by atoms with Crippen molar-refractivity contribution in [3.8, 4) is 0 Å². The molecule has 0 aromatic heterocycles. The summed E-state index contributed by atoms with van der Waals surface area (Å²) < 4.78 is 4.75. The maximum atomic E-state index is 11.3. The van der Waals surface area contributed by atoms with Crippen LogP contribution in [-0.2, 0) is 4.74 Å². The van der Waals surface area contributed by atoms with Gasteiger partial charge < -0.3 is 9.64 Å². The number of rotatable bonds is 0. The van der Waals surface area contributed by atoms with Gasteiger partial charge in [0.1, 0.15) is 0 Å². The van der Waals surface area contributed by atoms with Crippen molar-refractivity contribution in [2.75, 3.05) is 13.7 Å². The van der Waals surface area contributed by atoms with Gasteiger partial charge in [-0.15, -0.1) is 0 Å². The highest BCUT2D eigenvalue weighted by atomic mass is 16.5. The summed E-state index contributed by atoms with van der Waals surface area (Å²) in [6.45, 7) is 3.10. The van der Waals surface area contributed by atoms with Crippen molar-refractivity contribution in [3.63, 3.8) is 0 Å². The minimum Gasteiger partial charge on any atom is -0.453 e. The van der Waals surface area contributed by atoms with Crippen LogP contribution in [0.25, 0.3) is 0 Å². The SMILES string of the molecule is COC(=O)N1CCC[C@]12C[C@@H]2C. The number of likely N-dealkylation sites (tertiary alicyclic amines) is 1. The molecular formula is C9H15NO2. The van der Waals surface area contributed by atoms with Crippen LogP contribution in [0.2, 0.25) is 0 Å². The molecule has 1 heterocycles. The molecule has 0 radical (unpaired) electrons. The first-order valence-electron chi connectivity index (χ1n) is 4.56. The Morgan fingerprint density at radius 3 is 2.83 bits per heavy atom. The van der Waals surface area contributed by atoms with Crippen LogP contribution in [-0.4, -0.2) is 30.2 Å². The largest absolute Gasteiger partial charge is 0.453 e. The summed E-state index contributed by atoms with van der Waals surface area (Å²) in [5.74, 6) is 0.680. The average Bonchev–Trinajstić information content (AvgIpc) is 2.52. The van der Waals surface area contributed by atoms with Crippen molar-refractivity contribution in [2.45, 2.75) is 31.7 Å².